The first-order valence-electron chi connectivity index (χ1n) is 7.74. The van der Waals surface area contributed by atoms with Crippen molar-refractivity contribution in [3.63, 3.8) is 0 Å². The summed E-state index contributed by atoms with van der Waals surface area (Å²) in [5.74, 6) is 1.46. The van der Waals surface area contributed by atoms with Gasteiger partial charge in [-0.05, 0) is 36.5 Å². The monoisotopic (exact) mass is 283 g/mol. The van der Waals surface area contributed by atoms with Crippen LogP contribution in [0.5, 0.6) is 5.75 Å². The summed E-state index contributed by atoms with van der Waals surface area (Å²) in [6, 6.07) is 16.5. The van der Waals surface area contributed by atoms with E-state index >= 15 is 0 Å². The summed E-state index contributed by atoms with van der Waals surface area (Å²) in [5.41, 5.74) is 9.95. The first kappa shape index (κ1) is 15.6. The molecule has 0 radical (unpaired) electrons. The molecule has 0 saturated carbocycles. The van der Waals surface area contributed by atoms with Gasteiger partial charge in [0.1, 0.15) is 5.75 Å². The number of hydrogen-bond acceptors (Lipinski definition) is 2. The van der Waals surface area contributed by atoms with Crippen LogP contribution >= 0.6 is 0 Å². The summed E-state index contributed by atoms with van der Waals surface area (Å²) in [6.07, 6.45) is 1.15. The fourth-order valence-electron chi connectivity index (χ4n) is 2.47. The molecule has 2 nitrogen and oxygen atoms in total. The van der Waals surface area contributed by atoms with Gasteiger partial charge in [0.2, 0.25) is 0 Å². The highest BCUT2D eigenvalue weighted by molar-refractivity contribution is 5.42. The van der Waals surface area contributed by atoms with Crippen LogP contribution in [0.1, 0.15) is 55.8 Å². The lowest BCUT2D eigenvalue weighted by molar-refractivity contribution is 0.335. The van der Waals surface area contributed by atoms with E-state index in [0.29, 0.717) is 12.5 Å². The van der Waals surface area contributed by atoms with Crippen LogP contribution in [-0.2, 0) is 0 Å². The smallest absolute Gasteiger partial charge is 0.124 e. The molecule has 2 rings (SSSR count). The Balaban J connectivity index is 2.25. The molecule has 2 unspecified atom stereocenters. The highest BCUT2D eigenvalue weighted by Crippen LogP contribution is 2.29. The minimum absolute atomic E-state index is 0.154. The van der Waals surface area contributed by atoms with Gasteiger partial charge in [0.05, 0.1) is 12.6 Å². The SMILES string of the molecule is CCOc1ccccc1C(N)c1ccc(C(C)CC)cc1. The molecule has 2 aromatic carbocycles. The topological polar surface area (TPSA) is 35.2 Å². The zero-order valence-electron chi connectivity index (χ0n) is 13.2. The van der Waals surface area contributed by atoms with Gasteiger partial charge in [-0.15, -0.1) is 0 Å². The maximum absolute atomic E-state index is 6.43. The van der Waals surface area contributed by atoms with Crippen molar-refractivity contribution in [1.29, 1.82) is 0 Å². The van der Waals surface area contributed by atoms with E-state index in [4.69, 9.17) is 10.5 Å². The predicted octanol–water partition coefficient (Wildman–Crippen LogP) is 4.65. The Morgan fingerprint density at radius 1 is 0.952 bits per heavy atom. The minimum Gasteiger partial charge on any atom is -0.494 e. The van der Waals surface area contributed by atoms with Crippen LogP contribution in [0.25, 0.3) is 0 Å². The lowest BCUT2D eigenvalue weighted by atomic mass is 9.94. The molecule has 0 aliphatic heterocycles. The Bertz CT molecular complexity index is 562. The van der Waals surface area contributed by atoms with Crippen LogP contribution in [0, 0.1) is 0 Å². The van der Waals surface area contributed by atoms with Gasteiger partial charge in [-0.1, -0.05) is 56.3 Å². The van der Waals surface area contributed by atoms with Gasteiger partial charge in [0, 0.05) is 5.56 Å². The van der Waals surface area contributed by atoms with Crippen molar-refractivity contribution in [1.82, 2.24) is 0 Å². The highest BCUT2D eigenvalue weighted by Gasteiger charge is 2.14. The largest absolute Gasteiger partial charge is 0.494 e. The quantitative estimate of drug-likeness (QED) is 0.837. The molecule has 112 valence electrons. The normalized spacial score (nSPS) is 13.7. The van der Waals surface area contributed by atoms with Crippen LogP contribution in [0.3, 0.4) is 0 Å². The van der Waals surface area contributed by atoms with Gasteiger partial charge in [-0.3, -0.25) is 0 Å². The molecule has 0 saturated heterocycles. The van der Waals surface area contributed by atoms with Crippen LogP contribution < -0.4 is 10.5 Å². The second-order valence-electron chi connectivity index (χ2n) is 5.42. The fraction of sp³-hybridized carbons (Fsp3) is 0.368. The van der Waals surface area contributed by atoms with Crippen LogP contribution in [0.4, 0.5) is 0 Å². The van der Waals surface area contributed by atoms with Crippen LogP contribution in [-0.4, -0.2) is 6.61 Å². The van der Waals surface area contributed by atoms with E-state index in [-0.39, 0.29) is 6.04 Å². The van der Waals surface area contributed by atoms with Crippen molar-refractivity contribution >= 4 is 0 Å². The van der Waals surface area contributed by atoms with Gasteiger partial charge in [0.15, 0.2) is 0 Å². The van der Waals surface area contributed by atoms with E-state index in [9.17, 15) is 0 Å². The lowest BCUT2D eigenvalue weighted by Gasteiger charge is -2.18. The summed E-state index contributed by atoms with van der Waals surface area (Å²) in [6.45, 7) is 7.10. The van der Waals surface area contributed by atoms with Gasteiger partial charge in [-0.25, -0.2) is 0 Å². The number of para-hydroxylation sites is 1. The maximum atomic E-state index is 6.43. The molecule has 0 heterocycles. The molecular weight excluding hydrogens is 258 g/mol. The van der Waals surface area contributed by atoms with Crippen molar-refractivity contribution in [2.45, 2.75) is 39.2 Å². The molecule has 2 heteroatoms. The van der Waals surface area contributed by atoms with Crippen LogP contribution in [0.15, 0.2) is 48.5 Å². The standard InChI is InChI=1S/C19H25NO/c1-4-14(3)15-10-12-16(13-11-15)19(20)17-8-6-7-9-18(17)21-5-2/h6-14,19H,4-5,20H2,1-3H3. The lowest BCUT2D eigenvalue weighted by Crippen LogP contribution is -2.13. The Kier molecular flexibility index (Phi) is 5.40. The molecule has 0 bridgehead atoms. The van der Waals surface area contributed by atoms with Crippen molar-refractivity contribution in [3.8, 4) is 5.75 Å². The molecule has 0 aliphatic rings. The zero-order chi connectivity index (χ0) is 15.2. The highest BCUT2D eigenvalue weighted by atomic mass is 16.5. The molecule has 0 fully saturated rings. The second-order valence-corrected chi connectivity index (χ2v) is 5.42. The Morgan fingerprint density at radius 3 is 2.19 bits per heavy atom. The van der Waals surface area contributed by atoms with Crippen LogP contribution in [0.2, 0.25) is 0 Å². The zero-order valence-corrected chi connectivity index (χ0v) is 13.2. The van der Waals surface area contributed by atoms with Gasteiger partial charge >= 0.3 is 0 Å². The third-order valence-electron chi connectivity index (χ3n) is 4.03. The number of nitrogens with two attached hydrogens (primary N) is 1. The van der Waals surface area contributed by atoms with Gasteiger partial charge in [0.25, 0.3) is 0 Å². The molecule has 2 N–H and O–H groups in total. The van der Waals surface area contributed by atoms with Crippen molar-refractivity contribution in [2.24, 2.45) is 5.73 Å². The Morgan fingerprint density at radius 2 is 1.57 bits per heavy atom. The third kappa shape index (κ3) is 3.64. The van der Waals surface area contributed by atoms with E-state index in [1.807, 2.05) is 31.2 Å². The second kappa shape index (κ2) is 7.28. The Labute approximate surface area is 127 Å². The van der Waals surface area contributed by atoms with Crippen molar-refractivity contribution in [2.75, 3.05) is 6.61 Å². The summed E-state index contributed by atoms with van der Waals surface area (Å²) in [5, 5.41) is 0. The van der Waals surface area contributed by atoms with Crippen molar-refractivity contribution in [3.05, 3.63) is 65.2 Å². The molecule has 0 amide bonds. The summed E-state index contributed by atoms with van der Waals surface area (Å²) in [7, 11) is 0. The van der Waals surface area contributed by atoms with E-state index < -0.39 is 0 Å². The fourth-order valence-corrected chi connectivity index (χ4v) is 2.47. The average molecular weight is 283 g/mol. The van der Waals surface area contributed by atoms with Crippen molar-refractivity contribution < 1.29 is 4.74 Å². The summed E-state index contributed by atoms with van der Waals surface area (Å²) < 4.78 is 5.68. The molecule has 0 spiro atoms. The number of benzene rings is 2. The van der Waals surface area contributed by atoms with Gasteiger partial charge < -0.3 is 10.5 Å². The van der Waals surface area contributed by atoms with E-state index in [1.165, 1.54) is 5.56 Å². The number of hydrogen-bond donors (Lipinski definition) is 1. The number of ether oxygens (including phenoxy) is 1. The number of rotatable bonds is 6. The van der Waals surface area contributed by atoms with Gasteiger partial charge in [-0.2, -0.15) is 0 Å². The minimum atomic E-state index is -0.154. The summed E-state index contributed by atoms with van der Waals surface area (Å²) >= 11 is 0. The van der Waals surface area contributed by atoms with E-state index in [2.05, 4.69) is 38.1 Å². The van der Waals surface area contributed by atoms with E-state index in [0.717, 1.165) is 23.3 Å². The first-order chi connectivity index (χ1) is 10.2. The summed E-state index contributed by atoms with van der Waals surface area (Å²) in [4.78, 5) is 0. The molecule has 2 atom stereocenters. The Hall–Kier alpha value is -1.80. The average Bonchev–Trinajstić information content (AvgIpc) is 2.54. The molecule has 2 aromatic rings. The molecular formula is C19H25NO. The molecule has 0 aromatic heterocycles. The maximum Gasteiger partial charge on any atom is 0.124 e. The molecule has 21 heavy (non-hydrogen) atoms. The third-order valence-corrected chi connectivity index (χ3v) is 4.03. The first-order valence-corrected chi connectivity index (χ1v) is 7.74. The van der Waals surface area contributed by atoms with E-state index in [1.54, 1.807) is 0 Å². The molecule has 0 aliphatic carbocycles. The predicted molar refractivity (Wildman–Crippen MR) is 88.8 cm³/mol.